The molecule has 1 amide bonds. The van der Waals surface area contributed by atoms with Crippen LogP contribution in [0.2, 0.25) is 0 Å². The number of amides is 1. The summed E-state index contributed by atoms with van der Waals surface area (Å²) in [6, 6.07) is 11.6. The van der Waals surface area contributed by atoms with Crippen molar-refractivity contribution in [3.8, 4) is 10.4 Å². The summed E-state index contributed by atoms with van der Waals surface area (Å²) < 4.78 is 28.0. The van der Waals surface area contributed by atoms with E-state index in [1.165, 1.54) is 46.5 Å². The molecule has 0 fully saturated rings. The smallest absolute Gasteiger partial charge is 0.337 e. The highest BCUT2D eigenvalue weighted by Crippen LogP contribution is 2.33. The van der Waals surface area contributed by atoms with E-state index < -0.39 is 29.1 Å². The number of thiophene rings is 1. The molecule has 5 aromatic rings. The Labute approximate surface area is 211 Å². The van der Waals surface area contributed by atoms with Crippen LogP contribution >= 0.6 is 11.3 Å². The van der Waals surface area contributed by atoms with Crippen LogP contribution in [0.4, 0.5) is 8.78 Å². The summed E-state index contributed by atoms with van der Waals surface area (Å²) in [5, 5.41) is 12.7. The average Bonchev–Trinajstić information content (AvgIpc) is 3.52. The molecule has 0 bridgehead atoms. The zero-order chi connectivity index (χ0) is 26.1. The highest BCUT2D eigenvalue weighted by atomic mass is 32.1. The number of aromatic amines is 1. The van der Waals surface area contributed by atoms with E-state index in [1.54, 1.807) is 12.3 Å². The van der Waals surface area contributed by atoms with Crippen molar-refractivity contribution >= 4 is 34.2 Å². The SMILES string of the molecule is O=C(O)c1cnc2[nH]cc(-c3ccc(CNC(=O)c4cccn(Cc5ccc(F)c(F)c5)c4=O)s3)c2c1. The predicted molar refractivity (Wildman–Crippen MR) is 134 cm³/mol. The zero-order valence-electron chi connectivity index (χ0n) is 19.0. The highest BCUT2D eigenvalue weighted by Gasteiger charge is 2.15. The van der Waals surface area contributed by atoms with Crippen LogP contribution in [-0.4, -0.2) is 31.5 Å². The maximum Gasteiger partial charge on any atom is 0.337 e. The summed E-state index contributed by atoms with van der Waals surface area (Å²) in [5.74, 6) is -3.63. The molecule has 5 rings (SSSR count). The molecule has 0 atom stereocenters. The third kappa shape index (κ3) is 4.89. The van der Waals surface area contributed by atoms with Crippen molar-refractivity contribution in [2.45, 2.75) is 13.1 Å². The van der Waals surface area contributed by atoms with Crippen LogP contribution in [0.3, 0.4) is 0 Å². The highest BCUT2D eigenvalue weighted by molar-refractivity contribution is 7.15. The van der Waals surface area contributed by atoms with E-state index in [-0.39, 0.29) is 24.2 Å². The van der Waals surface area contributed by atoms with Gasteiger partial charge in [-0.05, 0) is 48.0 Å². The van der Waals surface area contributed by atoms with Gasteiger partial charge in [-0.25, -0.2) is 18.6 Å². The largest absolute Gasteiger partial charge is 0.478 e. The molecule has 0 unspecified atom stereocenters. The van der Waals surface area contributed by atoms with E-state index in [4.69, 9.17) is 0 Å². The van der Waals surface area contributed by atoms with Crippen LogP contribution in [0, 0.1) is 11.6 Å². The molecule has 186 valence electrons. The van der Waals surface area contributed by atoms with Crippen LogP contribution in [0.5, 0.6) is 0 Å². The first-order chi connectivity index (χ1) is 17.8. The second-order valence-corrected chi connectivity index (χ2v) is 9.35. The first kappa shape index (κ1) is 24.1. The molecule has 0 radical (unpaired) electrons. The third-order valence-corrected chi connectivity index (χ3v) is 6.85. The van der Waals surface area contributed by atoms with Gasteiger partial charge in [0, 0.05) is 39.3 Å². The first-order valence-electron chi connectivity index (χ1n) is 11.0. The average molecular weight is 521 g/mol. The molecule has 0 aliphatic carbocycles. The topological polar surface area (TPSA) is 117 Å². The summed E-state index contributed by atoms with van der Waals surface area (Å²) in [4.78, 5) is 45.7. The number of nitrogens with one attached hydrogen (secondary N) is 2. The van der Waals surface area contributed by atoms with Gasteiger partial charge in [0.1, 0.15) is 11.2 Å². The zero-order valence-corrected chi connectivity index (χ0v) is 19.8. The van der Waals surface area contributed by atoms with Gasteiger partial charge in [0.2, 0.25) is 0 Å². The molecule has 37 heavy (non-hydrogen) atoms. The van der Waals surface area contributed by atoms with E-state index >= 15 is 0 Å². The summed E-state index contributed by atoms with van der Waals surface area (Å²) in [5.41, 5.74) is 1.18. The van der Waals surface area contributed by atoms with Crippen LogP contribution in [-0.2, 0) is 13.1 Å². The number of H-pyrrole nitrogens is 1. The molecule has 8 nitrogen and oxygen atoms in total. The van der Waals surface area contributed by atoms with Gasteiger partial charge >= 0.3 is 5.97 Å². The van der Waals surface area contributed by atoms with Crippen LogP contribution in [0.1, 0.15) is 31.2 Å². The van der Waals surface area contributed by atoms with Gasteiger partial charge in [-0.15, -0.1) is 11.3 Å². The number of carboxylic acid groups (broad SMARTS) is 1. The van der Waals surface area contributed by atoms with Crippen molar-refractivity contribution in [2.75, 3.05) is 0 Å². The van der Waals surface area contributed by atoms with Gasteiger partial charge in [-0.3, -0.25) is 9.59 Å². The number of aromatic nitrogens is 3. The fourth-order valence-corrected chi connectivity index (χ4v) is 4.85. The van der Waals surface area contributed by atoms with Crippen LogP contribution in [0.25, 0.3) is 21.5 Å². The summed E-state index contributed by atoms with van der Waals surface area (Å²) >= 11 is 1.41. The van der Waals surface area contributed by atoms with E-state index in [1.807, 2.05) is 12.1 Å². The van der Waals surface area contributed by atoms with Crippen molar-refractivity contribution < 1.29 is 23.5 Å². The fraction of sp³-hybridized carbons (Fsp3) is 0.0769. The number of pyridine rings is 2. The normalized spacial score (nSPS) is 11.1. The fourth-order valence-electron chi connectivity index (χ4n) is 3.87. The lowest BCUT2D eigenvalue weighted by Gasteiger charge is -2.09. The van der Waals surface area contributed by atoms with E-state index in [9.17, 15) is 28.3 Å². The van der Waals surface area contributed by atoms with Crippen LogP contribution in [0.15, 0.2) is 71.9 Å². The molecule has 0 saturated carbocycles. The van der Waals surface area contributed by atoms with E-state index in [0.717, 1.165) is 27.5 Å². The number of carboxylic acids is 1. The number of fused-ring (bicyclic) bond motifs is 1. The Hall–Kier alpha value is -4.64. The number of hydrogen-bond acceptors (Lipinski definition) is 5. The molecule has 0 saturated heterocycles. The number of aromatic carboxylic acids is 1. The lowest BCUT2D eigenvalue weighted by atomic mass is 10.1. The Bertz CT molecular complexity index is 1720. The quantitative estimate of drug-likeness (QED) is 0.294. The Morgan fingerprint density at radius 1 is 1.11 bits per heavy atom. The molecular formula is C26H18F2N4O4S. The molecule has 0 spiro atoms. The molecule has 1 aromatic carbocycles. The Morgan fingerprint density at radius 3 is 2.73 bits per heavy atom. The summed E-state index contributed by atoms with van der Waals surface area (Å²) in [6.45, 7) is 0.149. The lowest BCUT2D eigenvalue weighted by Crippen LogP contribution is -2.32. The second kappa shape index (κ2) is 9.78. The number of nitrogens with zero attached hydrogens (tertiary/aromatic N) is 2. The van der Waals surface area contributed by atoms with Gasteiger partial charge in [-0.1, -0.05) is 6.07 Å². The van der Waals surface area contributed by atoms with Crippen molar-refractivity contribution in [3.63, 3.8) is 0 Å². The maximum atomic E-state index is 13.5. The minimum absolute atomic E-state index is 0.0193. The first-order valence-corrected chi connectivity index (χ1v) is 11.8. The molecule has 3 N–H and O–H groups in total. The van der Waals surface area contributed by atoms with Crippen molar-refractivity contribution in [2.24, 2.45) is 0 Å². The minimum atomic E-state index is -1.07. The van der Waals surface area contributed by atoms with Gasteiger partial charge in [0.25, 0.3) is 11.5 Å². The Morgan fingerprint density at radius 2 is 1.95 bits per heavy atom. The molecule has 0 aliphatic rings. The number of carbonyl (C=O) groups excluding carboxylic acids is 1. The van der Waals surface area contributed by atoms with Crippen LogP contribution < -0.4 is 10.9 Å². The predicted octanol–water partition coefficient (Wildman–Crippen LogP) is 4.41. The molecule has 4 aromatic heterocycles. The third-order valence-electron chi connectivity index (χ3n) is 5.73. The summed E-state index contributed by atoms with van der Waals surface area (Å²) in [7, 11) is 0. The van der Waals surface area contributed by atoms with Gasteiger partial charge in [0.15, 0.2) is 11.6 Å². The molecule has 11 heteroatoms. The number of benzene rings is 1. The molecule has 4 heterocycles. The standard InChI is InChI=1S/C26H18F2N4O4S/c27-20-5-3-14(8-21(20)28)13-32-7-1-2-17(25(32)34)24(33)31-11-16-4-6-22(37-16)19-12-30-23-18(19)9-15(10-29-23)26(35)36/h1-10,12H,11,13H2,(H,29,30)(H,31,33)(H,35,36). The summed E-state index contributed by atoms with van der Waals surface area (Å²) in [6.07, 6.45) is 4.50. The Kier molecular flexibility index (Phi) is 6.36. The monoisotopic (exact) mass is 520 g/mol. The van der Waals surface area contributed by atoms with Gasteiger partial charge in [-0.2, -0.15) is 0 Å². The number of rotatable bonds is 7. The Balaban J connectivity index is 1.30. The number of halogens is 2. The van der Waals surface area contributed by atoms with E-state index in [0.29, 0.717) is 16.6 Å². The van der Waals surface area contributed by atoms with Crippen molar-refractivity contribution in [1.29, 1.82) is 0 Å². The van der Waals surface area contributed by atoms with E-state index in [2.05, 4.69) is 15.3 Å². The van der Waals surface area contributed by atoms with Gasteiger partial charge < -0.3 is 20.0 Å². The lowest BCUT2D eigenvalue weighted by molar-refractivity contribution is 0.0696. The van der Waals surface area contributed by atoms with Gasteiger partial charge in [0.05, 0.1) is 18.7 Å². The minimum Gasteiger partial charge on any atom is -0.478 e. The van der Waals surface area contributed by atoms with Crippen molar-refractivity contribution in [3.05, 3.63) is 111 Å². The number of carbonyl (C=O) groups is 2. The maximum absolute atomic E-state index is 13.5. The molecule has 0 aliphatic heterocycles. The second-order valence-electron chi connectivity index (χ2n) is 8.18. The number of hydrogen-bond donors (Lipinski definition) is 3. The van der Waals surface area contributed by atoms with Crippen molar-refractivity contribution in [1.82, 2.24) is 19.9 Å². The molecular weight excluding hydrogens is 502 g/mol.